The number of amides is 2. The van der Waals surface area contributed by atoms with Gasteiger partial charge in [0, 0.05) is 56.8 Å². The number of nitrogens with zero attached hydrogens (tertiary/aromatic N) is 5. The van der Waals surface area contributed by atoms with Gasteiger partial charge in [-0.15, -0.1) is 0 Å². The summed E-state index contributed by atoms with van der Waals surface area (Å²) in [4.78, 5) is 43.2. The lowest BCUT2D eigenvalue weighted by Gasteiger charge is -2.44. The van der Waals surface area contributed by atoms with E-state index in [0.29, 0.717) is 23.5 Å². The summed E-state index contributed by atoms with van der Waals surface area (Å²) in [6.07, 6.45) is 7.33. The average Bonchev–Trinajstić information content (AvgIpc) is 3.55. The summed E-state index contributed by atoms with van der Waals surface area (Å²) in [6.45, 7) is 5.49. The standard InChI is InChI=1S/C25H34N6O3/c1-27-21-16-19(6-7-20(21)30(24(27)34)31-22(32)4-2-5-23(31)33)28-14-8-18(9-15-28)29-13-3-10-25(29)11-12-26-17-25/h6-7,16,18,26H,2-5,8-15,17H2,1H3. The second kappa shape index (κ2) is 8.23. The number of aryl methyl sites for hydroxylation is 1. The number of aromatic nitrogens is 2. The molecule has 1 atom stereocenters. The first-order valence-corrected chi connectivity index (χ1v) is 12.8. The predicted molar refractivity (Wildman–Crippen MR) is 131 cm³/mol. The molecule has 0 saturated carbocycles. The Bertz CT molecular complexity index is 1160. The van der Waals surface area contributed by atoms with E-state index in [4.69, 9.17) is 0 Å². The molecule has 4 saturated heterocycles. The number of imidazole rings is 1. The molecule has 9 heteroatoms. The van der Waals surface area contributed by atoms with E-state index < -0.39 is 0 Å². The molecule has 0 radical (unpaired) electrons. The Kier molecular flexibility index (Phi) is 5.29. The lowest BCUT2D eigenvalue weighted by atomic mass is 9.91. The van der Waals surface area contributed by atoms with Gasteiger partial charge >= 0.3 is 5.69 Å². The molecule has 0 bridgehead atoms. The van der Waals surface area contributed by atoms with Crippen molar-refractivity contribution in [1.29, 1.82) is 0 Å². The van der Waals surface area contributed by atoms with E-state index in [0.717, 1.165) is 55.2 Å². The van der Waals surface area contributed by atoms with Crippen molar-refractivity contribution in [1.82, 2.24) is 19.5 Å². The zero-order valence-electron chi connectivity index (χ0n) is 20.0. The molecular formula is C25H34N6O3. The zero-order chi connectivity index (χ0) is 23.4. The summed E-state index contributed by atoms with van der Waals surface area (Å²) in [5.41, 5.74) is 2.46. The molecule has 2 aromatic rings. The van der Waals surface area contributed by atoms with Crippen LogP contribution in [0.15, 0.2) is 23.0 Å². The van der Waals surface area contributed by atoms with Gasteiger partial charge in [-0.05, 0) is 69.8 Å². The topological polar surface area (TPSA) is 82.8 Å². The minimum atomic E-state index is -0.362. The number of piperidine rings is 2. The number of imide groups is 1. The second-order valence-corrected chi connectivity index (χ2v) is 10.4. The van der Waals surface area contributed by atoms with Gasteiger partial charge < -0.3 is 10.2 Å². The number of benzene rings is 1. The molecule has 4 aliphatic heterocycles. The highest BCUT2D eigenvalue weighted by atomic mass is 16.2. The molecule has 1 N–H and O–H groups in total. The van der Waals surface area contributed by atoms with Gasteiger partial charge in [0.05, 0.1) is 11.0 Å². The molecule has 9 nitrogen and oxygen atoms in total. The van der Waals surface area contributed by atoms with Gasteiger partial charge in [-0.2, -0.15) is 9.69 Å². The molecule has 4 aliphatic rings. The van der Waals surface area contributed by atoms with Gasteiger partial charge in [-0.3, -0.25) is 19.1 Å². The van der Waals surface area contributed by atoms with E-state index in [1.54, 1.807) is 11.6 Å². The van der Waals surface area contributed by atoms with Crippen LogP contribution >= 0.6 is 0 Å². The van der Waals surface area contributed by atoms with E-state index in [-0.39, 0.29) is 30.3 Å². The van der Waals surface area contributed by atoms with E-state index >= 15 is 0 Å². The Balaban J connectivity index is 1.24. The minimum Gasteiger partial charge on any atom is -0.371 e. The van der Waals surface area contributed by atoms with Crippen molar-refractivity contribution >= 4 is 28.5 Å². The molecule has 1 unspecified atom stereocenters. The number of hydrogen-bond donors (Lipinski definition) is 1. The van der Waals surface area contributed by atoms with Crippen LogP contribution in [0.25, 0.3) is 11.0 Å². The van der Waals surface area contributed by atoms with Gasteiger partial charge in [-0.1, -0.05) is 0 Å². The number of hydrogen-bond acceptors (Lipinski definition) is 6. The number of nitrogens with one attached hydrogen (secondary N) is 1. The van der Waals surface area contributed by atoms with Gasteiger partial charge in [0.25, 0.3) is 0 Å². The number of fused-ring (bicyclic) bond motifs is 1. The highest BCUT2D eigenvalue weighted by molar-refractivity contribution is 6.11. The van der Waals surface area contributed by atoms with Crippen molar-refractivity contribution in [3.8, 4) is 0 Å². The molecule has 34 heavy (non-hydrogen) atoms. The predicted octanol–water partition coefficient (Wildman–Crippen LogP) is 1.31. The molecule has 182 valence electrons. The van der Waals surface area contributed by atoms with E-state index in [2.05, 4.69) is 15.1 Å². The Labute approximate surface area is 199 Å². The fourth-order valence-electron chi connectivity index (χ4n) is 6.82. The normalized spacial score (nSPS) is 27.1. The average molecular weight is 467 g/mol. The molecule has 2 amide bonds. The quantitative estimate of drug-likeness (QED) is 0.687. The van der Waals surface area contributed by atoms with Crippen molar-refractivity contribution in [2.75, 3.05) is 42.6 Å². The molecule has 1 spiro atoms. The molecule has 1 aromatic heterocycles. The third-order valence-electron chi connectivity index (χ3n) is 8.61. The van der Waals surface area contributed by atoms with Gasteiger partial charge in [0.1, 0.15) is 0 Å². The van der Waals surface area contributed by atoms with Crippen LogP contribution in [0.5, 0.6) is 0 Å². The summed E-state index contributed by atoms with van der Waals surface area (Å²) in [7, 11) is 1.71. The maximum atomic E-state index is 13.0. The SMILES string of the molecule is Cn1c(=O)n(N2C(=O)CCCC2=O)c2ccc(N3CCC(N4CCCC45CCNC5)CC3)cc21. The first-order valence-electron chi connectivity index (χ1n) is 12.8. The molecule has 5 heterocycles. The van der Waals surface area contributed by atoms with Crippen molar-refractivity contribution in [2.24, 2.45) is 7.05 Å². The van der Waals surface area contributed by atoms with Crippen LogP contribution < -0.4 is 20.9 Å². The fraction of sp³-hybridized carbons (Fsp3) is 0.640. The largest absolute Gasteiger partial charge is 0.371 e. The maximum Gasteiger partial charge on any atom is 0.348 e. The Morgan fingerprint density at radius 1 is 0.941 bits per heavy atom. The Hall–Kier alpha value is -2.65. The first-order chi connectivity index (χ1) is 16.5. The van der Waals surface area contributed by atoms with Crippen molar-refractivity contribution in [3.63, 3.8) is 0 Å². The third kappa shape index (κ3) is 3.32. The van der Waals surface area contributed by atoms with E-state index in [1.165, 1.54) is 30.5 Å². The highest BCUT2D eigenvalue weighted by Gasteiger charge is 2.46. The molecule has 4 fully saturated rings. The van der Waals surface area contributed by atoms with E-state index in [9.17, 15) is 14.4 Å². The van der Waals surface area contributed by atoms with E-state index in [1.807, 2.05) is 18.2 Å². The molecule has 6 rings (SSSR count). The number of carbonyl (C=O) groups excluding carboxylic acids is 2. The zero-order valence-corrected chi connectivity index (χ0v) is 20.0. The number of carbonyl (C=O) groups is 2. The third-order valence-corrected chi connectivity index (χ3v) is 8.61. The van der Waals surface area contributed by atoms with Crippen LogP contribution in [-0.2, 0) is 16.6 Å². The maximum absolute atomic E-state index is 13.0. The monoisotopic (exact) mass is 466 g/mol. The van der Waals surface area contributed by atoms with Crippen LogP contribution in [0.1, 0.15) is 51.4 Å². The summed E-state index contributed by atoms with van der Waals surface area (Å²) in [5, 5.41) is 4.63. The van der Waals surface area contributed by atoms with Crippen LogP contribution in [0.4, 0.5) is 5.69 Å². The second-order valence-electron chi connectivity index (χ2n) is 10.4. The highest BCUT2D eigenvalue weighted by Crippen LogP contribution is 2.39. The number of rotatable bonds is 3. The number of anilines is 1. The molecule has 0 aliphatic carbocycles. The van der Waals surface area contributed by atoms with Crippen LogP contribution in [-0.4, -0.2) is 70.3 Å². The first kappa shape index (κ1) is 21.9. The lowest BCUT2D eigenvalue weighted by molar-refractivity contribution is -0.131. The fourth-order valence-corrected chi connectivity index (χ4v) is 6.82. The van der Waals surface area contributed by atoms with Crippen molar-refractivity contribution < 1.29 is 9.59 Å². The summed E-state index contributed by atoms with van der Waals surface area (Å²) >= 11 is 0. The molecular weight excluding hydrogens is 432 g/mol. The summed E-state index contributed by atoms with van der Waals surface area (Å²) < 4.78 is 2.81. The van der Waals surface area contributed by atoms with Crippen LogP contribution in [0.2, 0.25) is 0 Å². The number of likely N-dealkylation sites (tertiary alicyclic amines) is 1. The van der Waals surface area contributed by atoms with Crippen molar-refractivity contribution in [3.05, 3.63) is 28.7 Å². The lowest BCUT2D eigenvalue weighted by Crippen LogP contribution is -2.54. The van der Waals surface area contributed by atoms with Crippen LogP contribution in [0, 0.1) is 0 Å². The summed E-state index contributed by atoms with van der Waals surface area (Å²) in [6, 6.07) is 6.58. The Morgan fingerprint density at radius 3 is 2.41 bits per heavy atom. The van der Waals surface area contributed by atoms with Crippen molar-refractivity contribution in [2.45, 2.75) is 62.9 Å². The molecule has 1 aromatic carbocycles. The van der Waals surface area contributed by atoms with Gasteiger partial charge in [0.2, 0.25) is 11.8 Å². The van der Waals surface area contributed by atoms with Gasteiger partial charge in [-0.25, -0.2) is 4.79 Å². The minimum absolute atomic E-state index is 0.288. The van der Waals surface area contributed by atoms with Gasteiger partial charge in [0.15, 0.2) is 0 Å². The van der Waals surface area contributed by atoms with Crippen LogP contribution in [0.3, 0.4) is 0 Å². The smallest absolute Gasteiger partial charge is 0.348 e. The summed E-state index contributed by atoms with van der Waals surface area (Å²) in [5.74, 6) is -0.622. The Morgan fingerprint density at radius 2 is 1.71 bits per heavy atom.